The second-order valence-electron chi connectivity index (χ2n) is 13.0. The van der Waals surface area contributed by atoms with E-state index in [-0.39, 0.29) is 5.41 Å². The van der Waals surface area contributed by atoms with Crippen LogP contribution < -0.4 is 0 Å². The van der Waals surface area contributed by atoms with Crippen LogP contribution in [-0.2, 0) is 5.41 Å². The van der Waals surface area contributed by atoms with Gasteiger partial charge < -0.3 is 0 Å². The van der Waals surface area contributed by atoms with Gasteiger partial charge >= 0.3 is 0 Å². The Labute approximate surface area is 276 Å². The standard InChI is InChI=1S/C43H29N3S/c1-43(2)35-18-6-3-13-29(35)33-24-34-30-14-4-7-19-38(30)46(39(34)25-36(33)43)42-44-22-21-37(45-42)27-12-9-11-26(23-27)28-16-10-17-32-31-15-5-8-20-40(31)47-41(28)32/h3-25H,1-2H3. The van der Waals surface area contributed by atoms with E-state index in [2.05, 4.69) is 146 Å². The molecule has 0 aliphatic heterocycles. The molecule has 3 nitrogen and oxygen atoms in total. The predicted molar refractivity (Wildman–Crippen MR) is 198 cm³/mol. The molecule has 0 saturated heterocycles. The van der Waals surface area contributed by atoms with Crippen molar-refractivity contribution in [1.29, 1.82) is 0 Å². The van der Waals surface area contributed by atoms with Gasteiger partial charge in [-0.15, -0.1) is 11.3 Å². The highest BCUT2D eigenvalue weighted by Gasteiger charge is 2.36. The van der Waals surface area contributed by atoms with E-state index < -0.39 is 0 Å². The highest BCUT2D eigenvalue weighted by Crippen LogP contribution is 2.51. The molecule has 0 fully saturated rings. The van der Waals surface area contributed by atoms with Crippen molar-refractivity contribution in [3.8, 4) is 39.5 Å². The highest BCUT2D eigenvalue weighted by atomic mass is 32.1. The lowest BCUT2D eigenvalue weighted by Crippen LogP contribution is -2.15. The normalized spacial score (nSPS) is 13.5. The molecule has 222 valence electrons. The van der Waals surface area contributed by atoms with Crippen LogP contribution in [-0.4, -0.2) is 14.5 Å². The number of nitrogens with zero attached hydrogens (tertiary/aromatic N) is 3. The molecular formula is C43H29N3S. The van der Waals surface area contributed by atoms with E-state index in [0.29, 0.717) is 5.95 Å². The minimum Gasteiger partial charge on any atom is -0.278 e. The maximum absolute atomic E-state index is 5.24. The summed E-state index contributed by atoms with van der Waals surface area (Å²) in [6, 6.07) is 48.3. The maximum Gasteiger partial charge on any atom is 0.235 e. The minimum absolute atomic E-state index is 0.0954. The maximum atomic E-state index is 5.24. The van der Waals surface area contributed by atoms with Gasteiger partial charge in [-0.05, 0) is 69.8 Å². The van der Waals surface area contributed by atoms with Crippen LogP contribution in [0.5, 0.6) is 0 Å². The first-order valence-electron chi connectivity index (χ1n) is 16.1. The fourth-order valence-corrected chi connectivity index (χ4v) is 9.05. The molecule has 0 bridgehead atoms. The van der Waals surface area contributed by atoms with Crippen LogP contribution in [0.2, 0.25) is 0 Å². The Balaban J connectivity index is 1.14. The van der Waals surface area contributed by atoms with Crippen molar-refractivity contribution in [2.75, 3.05) is 0 Å². The number of hydrogen-bond donors (Lipinski definition) is 0. The summed E-state index contributed by atoms with van der Waals surface area (Å²) in [5.41, 5.74) is 11.9. The molecular weight excluding hydrogens is 591 g/mol. The first kappa shape index (κ1) is 26.6. The van der Waals surface area contributed by atoms with Crippen LogP contribution >= 0.6 is 11.3 Å². The van der Waals surface area contributed by atoms with Crippen LogP contribution in [0.15, 0.2) is 140 Å². The Morgan fingerprint density at radius 1 is 0.553 bits per heavy atom. The molecule has 0 saturated carbocycles. The summed E-state index contributed by atoms with van der Waals surface area (Å²) in [7, 11) is 0. The smallest absolute Gasteiger partial charge is 0.235 e. The molecule has 0 radical (unpaired) electrons. The van der Waals surface area contributed by atoms with Crippen molar-refractivity contribution in [2.24, 2.45) is 0 Å². The zero-order valence-electron chi connectivity index (χ0n) is 26.0. The molecule has 6 aromatic carbocycles. The average molecular weight is 620 g/mol. The van der Waals surface area contributed by atoms with E-state index >= 15 is 0 Å². The van der Waals surface area contributed by atoms with E-state index in [1.807, 2.05) is 23.6 Å². The summed E-state index contributed by atoms with van der Waals surface area (Å²) < 4.78 is 4.88. The van der Waals surface area contributed by atoms with Gasteiger partial charge in [-0.2, -0.15) is 0 Å². The van der Waals surface area contributed by atoms with E-state index in [4.69, 9.17) is 9.97 Å². The van der Waals surface area contributed by atoms with Crippen LogP contribution in [0.3, 0.4) is 0 Å². The third-order valence-electron chi connectivity index (χ3n) is 10.1. The SMILES string of the molecule is CC1(C)c2ccccc2-c2cc3c4ccccc4n(-c4nccc(-c5cccc(-c6cccc7c6sc6ccccc67)c5)n4)c3cc21. The van der Waals surface area contributed by atoms with Crippen LogP contribution in [0.4, 0.5) is 0 Å². The minimum atomic E-state index is -0.0954. The van der Waals surface area contributed by atoms with Crippen LogP contribution in [0.1, 0.15) is 25.0 Å². The molecule has 0 atom stereocenters. The fourth-order valence-electron chi connectivity index (χ4n) is 7.82. The van der Waals surface area contributed by atoms with Gasteiger partial charge in [-0.1, -0.05) is 111 Å². The monoisotopic (exact) mass is 619 g/mol. The Hall–Kier alpha value is -5.58. The summed E-state index contributed by atoms with van der Waals surface area (Å²) in [4.78, 5) is 10.1. The summed E-state index contributed by atoms with van der Waals surface area (Å²) >= 11 is 1.86. The molecule has 0 unspecified atom stereocenters. The molecule has 0 amide bonds. The van der Waals surface area contributed by atoms with Gasteiger partial charge in [-0.25, -0.2) is 9.97 Å². The number of hydrogen-bond acceptors (Lipinski definition) is 3. The van der Waals surface area contributed by atoms with Gasteiger partial charge in [-0.3, -0.25) is 4.57 Å². The number of rotatable bonds is 3. The van der Waals surface area contributed by atoms with Gasteiger partial charge in [0.25, 0.3) is 0 Å². The summed E-state index contributed by atoms with van der Waals surface area (Å²) in [5.74, 6) is 0.680. The molecule has 1 aliphatic carbocycles. The zero-order chi connectivity index (χ0) is 31.3. The predicted octanol–water partition coefficient (Wildman–Crippen LogP) is 11.6. The molecule has 0 spiro atoms. The molecule has 4 heteroatoms. The van der Waals surface area contributed by atoms with Gasteiger partial charge in [0.2, 0.25) is 5.95 Å². The number of benzene rings is 6. The van der Waals surface area contributed by atoms with Crippen LogP contribution in [0.25, 0.3) is 81.4 Å². The van der Waals surface area contributed by atoms with E-state index in [9.17, 15) is 0 Å². The van der Waals surface area contributed by atoms with E-state index in [0.717, 1.165) is 22.3 Å². The Morgan fingerprint density at radius 3 is 2.23 bits per heavy atom. The first-order valence-corrected chi connectivity index (χ1v) is 16.9. The second kappa shape index (κ2) is 9.71. The topological polar surface area (TPSA) is 30.7 Å². The molecule has 10 rings (SSSR count). The number of para-hydroxylation sites is 1. The van der Waals surface area contributed by atoms with E-state index in [1.54, 1.807) is 0 Å². The molecule has 0 N–H and O–H groups in total. The molecule has 9 aromatic rings. The Kier molecular flexibility index (Phi) is 5.50. The van der Waals surface area contributed by atoms with Crippen molar-refractivity contribution < 1.29 is 0 Å². The number of fused-ring (bicyclic) bond motifs is 9. The lowest BCUT2D eigenvalue weighted by atomic mass is 9.82. The Bertz CT molecular complexity index is 2730. The summed E-state index contributed by atoms with van der Waals surface area (Å²) in [6.07, 6.45) is 1.89. The largest absolute Gasteiger partial charge is 0.278 e. The van der Waals surface area contributed by atoms with E-state index in [1.165, 1.54) is 64.3 Å². The quantitative estimate of drug-likeness (QED) is 0.197. The molecule has 3 heterocycles. The van der Waals surface area contributed by atoms with Crippen molar-refractivity contribution in [3.05, 3.63) is 151 Å². The van der Waals surface area contributed by atoms with Crippen molar-refractivity contribution in [3.63, 3.8) is 0 Å². The third-order valence-corrected chi connectivity index (χ3v) is 11.3. The van der Waals surface area contributed by atoms with Crippen LogP contribution in [0, 0.1) is 0 Å². The molecule has 1 aliphatic rings. The number of aromatic nitrogens is 3. The summed E-state index contributed by atoms with van der Waals surface area (Å²) in [5, 5.41) is 5.05. The first-order chi connectivity index (χ1) is 23.1. The van der Waals surface area contributed by atoms with Gasteiger partial charge in [0.15, 0.2) is 0 Å². The summed E-state index contributed by atoms with van der Waals surface area (Å²) in [6.45, 7) is 4.67. The fraction of sp³-hybridized carbons (Fsp3) is 0.0698. The average Bonchev–Trinajstić information content (AvgIpc) is 3.73. The lowest BCUT2D eigenvalue weighted by molar-refractivity contribution is 0.661. The van der Waals surface area contributed by atoms with Crippen molar-refractivity contribution >= 4 is 53.3 Å². The van der Waals surface area contributed by atoms with Gasteiger partial charge in [0, 0.05) is 48.1 Å². The van der Waals surface area contributed by atoms with Crippen molar-refractivity contribution in [1.82, 2.24) is 14.5 Å². The molecule has 3 aromatic heterocycles. The zero-order valence-corrected chi connectivity index (χ0v) is 26.8. The molecule has 47 heavy (non-hydrogen) atoms. The van der Waals surface area contributed by atoms with Gasteiger partial charge in [0.05, 0.1) is 16.7 Å². The number of thiophene rings is 1. The third kappa shape index (κ3) is 3.79. The van der Waals surface area contributed by atoms with Crippen molar-refractivity contribution in [2.45, 2.75) is 19.3 Å². The highest BCUT2D eigenvalue weighted by molar-refractivity contribution is 7.26. The lowest BCUT2D eigenvalue weighted by Gasteiger charge is -2.21. The second-order valence-corrected chi connectivity index (χ2v) is 14.1. The Morgan fingerprint density at radius 2 is 1.30 bits per heavy atom. The van der Waals surface area contributed by atoms with Gasteiger partial charge in [0.1, 0.15) is 0 Å².